The molecule has 1 saturated carbocycles. The summed E-state index contributed by atoms with van der Waals surface area (Å²) < 4.78 is 64.8. The number of halogens is 3. The standard InChI is InChI=1S/C29H30F3N3O6S/c1-35(17-19-6-10-20(11-7-19)23-4-2-3-5-26(23)42(33,39)40)28(38)25-15-21(36)14-24(25)27(37)34-16-18-8-12-22(13-9-18)41-29(30,31)32/h2-13,21,24-25,36H,14-17H2,1H3,(H,34,37)(H2,33,39,40)/t21?,24-,25-/m1/s1. The summed E-state index contributed by atoms with van der Waals surface area (Å²) in [5, 5.41) is 18.3. The second-order valence-electron chi connectivity index (χ2n) is 10.2. The Morgan fingerprint density at radius 3 is 2.19 bits per heavy atom. The first kappa shape index (κ1) is 31.0. The fraction of sp³-hybridized carbons (Fsp3) is 0.310. The zero-order valence-corrected chi connectivity index (χ0v) is 23.4. The number of alkyl halides is 3. The van der Waals surface area contributed by atoms with Crippen molar-refractivity contribution in [2.75, 3.05) is 7.05 Å². The van der Waals surface area contributed by atoms with Crippen LogP contribution in [0.1, 0.15) is 24.0 Å². The second kappa shape index (κ2) is 12.5. The zero-order chi connectivity index (χ0) is 30.7. The normalized spacial score (nSPS) is 18.9. The molecule has 3 aromatic carbocycles. The summed E-state index contributed by atoms with van der Waals surface area (Å²) in [5.74, 6) is -2.67. The third-order valence-corrected chi connectivity index (χ3v) is 8.04. The van der Waals surface area contributed by atoms with Gasteiger partial charge in [0.05, 0.1) is 22.8 Å². The Morgan fingerprint density at radius 2 is 1.57 bits per heavy atom. The topological polar surface area (TPSA) is 139 Å². The minimum absolute atomic E-state index is 0.00152. The molecule has 3 aromatic rings. The second-order valence-corrected chi connectivity index (χ2v) is 11.7. The van der Waals surface area contributed by atoms with Gasteiger partial charge in [0.1, 0.15) is 5.75 Å². The lowest BCUT2D eigenvalue weighted by Crippen LogP contribution is -2.40. The van der Waals surface area contributed by atoms with Crippen molar-refractivity contribution in [1.82, 2.24) is 10.2 Å². The lowest BCUT2D eigenvalue weighted by Gasteiger charge is -2.25. The van der Waals surface area contributed by atoms with Gasteiger partial charge in [-0.1, -0.05) is 54.6 Å². The molecule has 0 spiro atoms. The van der Waals surface area contributed by atoms with E-state index in [4.69, 9.17) is 5.14 Å². The van der Waals surface area contributed by atoms with Gasteiger partial charge in [0.2, 0.25) is 21.8 Å². The average molecular weight is 606 g/mol. The number of aliphatic hydroxyl groups excluding tert-OH is 1. The minimum atomic E-state index is -4.81. The van der Waals surface area contributed by atoms with Crippen molar-refractivity contribution in [2.45, 2.75) is 43.3 Å². The van der Waals surface area contributed by atoms with Crippen LogP contribution in [0, 0.1) is 11.8 Å². The molecule has 0 bridgehead atoms. The molecule has 4 rings (SSSR count). The van der Waals surface area contributed by atoms with Crippen molar-refractivity contribution in [1.29, 1.82) is 0 Å². The molecule has 0 aromatic heterocycles. The van der Waals surface area contributed by atoms with Crippen molar-refractivity contribution in [3.63, 3.8) is 0 Å². The van der Waals surface area contributed by atoms with Crippen molar-refractivity contribution in [3.05, 3.63) is 83.9 Å². The first-order valence-corrected chi connectivity index (χ1v) is 14.5. The van der Waals surface area contributed by atoms with E-state index in [1.54, 1.807) is 49.5 Å². The fourth-order valence-corrected chi connectivity index (χ4v) is 5.84. The van der Waals surface area contributed by atoms with Gasteiger partial charge in [-0.05, 0) is 47.7 Å². The molecule has 0 saturated heterocycles. The van der Waals surface area contributed by atoms with Crippen LogP contribution >= 0.6 is 0 Å². The van der Waals surface area contributed by atoms with Gasteiger partial charge in [0, 0.05) is 25.7 Å². The van der Waals surface area contributed by atoms with E-state index in [2.05, 4.69) is 10.1 Å². The van der Waals surface area contributed by atoms with Gasteiger partial charge in [-0.25, -0.2) is 13.6 Å². The molecule has 0 aliphatic heterocycles. The number of hydrogen-bond acceptors (Lipinski definition) is 6. The predicted molar refractivity (Wildman–Crippen MR) is 147 cm³/mol. The third-order valence-electron chi connectivity index (χ3n) is 7.07. The van der Waals surface area contributed by atoms with Crippen LogP contribution in [0.25, 0.3) is 11.1 Å². The fourth-order valence-electron chi connectivity index (χ4n) is 5.08. The maximum atomic E-state index is 13.3. The number of benzene rings is 3. The number of carbonyl (C=O) groups is 2. The van der Waals surface area contributed by atoms with Gasteiger partial charge >= 0.3 is 6.36 Å². The first-order valence-electron chi connectivity index (χ1n) is 13.0. The summed E-state index contributed by atoms with van der Waals surface area (Å²) in [6, 6.07) is 18.4. The van der Waals surface area contributed by atoms with Gasteiger partial charge in [0.25, 0.3) is 0 Å². The molecule has 3 atom stereocenters. The van der Waals surface area contributed by atoms with Gasteiger partial charge in [-0.15, -0.1) is 13.2 Å². The van der Waals surface area contributed by atoms with Crippen LogP contribution in [-0.2, 0) is 32.7 Å². The number of primary sulfonamides is 1. The summed E-state index contributed by atoms with van der Waals surface area (Å²) in [5.41, 5.74) is 2.39. The molecule has 1 fully saturated rings. The Balaban J connectivity index is 1.37. The van der Waals surface area contributed by atoms with E-state index in [0.29, 0.717) is 16.7 Å². The predicted octanol–water partition coefficient (Wildman–Crippen LogP) is 3.56. The van der Waals surface area contributed by atoms with Crippen LogP contribution in [0.15, 0.2) is 77.7 Å². The van der Waals surface area contributed by atoms with Crippen LogP contribution < -0.4 is 15.2 Å². The quantitative estimate of drug-likeness (QED) is 0.341. The molecule has 1 aliphatic carbocycles. The van der Waals surface area contributed by atoms with Crippen molar-refractivity contribution < 1.29 is 41.0 Å². The van der Waals surface area contributed by atoms with E-state index in [1.165, 1.54) is 23.1 Å². The highest BCUT2D eigenvalue weighted by Gasteiger charge is 2.43. The van der Waals surface area contributed by atoms with Crippen LogP contribution in [0.5, 0.6) is 5.75 Å². The molecule has 224 valence electrons. The van der Waals surface area contributed by atoms with Crippen molar-refractivity contribution >= 4 is 21.8 Å². The molecule has 9 nitrogen and oxygen atoms in total. The Kier molecular flexibility index (Phi) is 9.24. The number of nitrogens with two attached hydrogens (primary N) is 1. The molecule has 0 heterocycles. The highest BCUT2D eigenvalue weighted by atomic mass is 32.2. The van der Waals surface area contributed by atoms with E-state index in [9.17, 15) is 36.3 Å². The molecule has 1 aliphatic rings. The van der Waals surface area contributed by atoms with Crippen LogP contribution in [-0.4, -0.2) is 49.8 Å². The number of sulfonamides is 1. The monoisotopic (exact) mass is 605 g/mol. The van der Waals surface area contributed by atoms with Gasteiger partial charge in [0.15, 0.2) is 0 Å². The van der Waals surface area contributed by atoms with Crippen LogP contribution in [0.2, 0.25) is 0 Å². The summed E-state index contributed by atoms with van der Waals surface area (Å²) in [6.45, 7) is 0.235. The van der Waals surface area contributed by atoms with E-state index in [-0.39, 0.29) is 42.5 Å². The Hall–Kier alpha value is -3.94. The molecule has 1 unspecified atom stereocenters. The van der Waals surface area contributed by atoms with E-state index in [1.807, 2.05) is 0 Å². The van der Waals surface area contributed by atoms with Crippen molar-refractivity contribution in [3.8, 4) is 16.9 Å². The maximum absolute atomic E-state index is 13.3. The summed E-state index contributed by atoms with van der Waals surface area (Å²) >= 11 is 0. The largest absolute Gasteiger partial charge is 0.573 e. The minimum Gasteiger partial charge on any atom is -0.406 e. The number of rotatable bonds is 9. The summed E-state index contributed by atoms with van der Waals surface area (Å²) in [4.78, 5) is 27.8. The lowest BCUT2D eigenvalue weighted by atomic mass is 9.93. The third kappa shape index (κ3) is 7.87. The summed E-state index contributed by atoms with van der Waals surface area (Å²) in [7, 11) is -2.33. The average Bonchev–Trinajstić information content (AvgIpc) is 3.32. The lowest BCUT2D eigenvalue weighted by molar-refractivity contribution is -0.274. The number of amides is 2. The highest BCUT2D eigenvalue weighted by molar-refractivity contribution is 7.89. The summed E-state index contributed by atoms with van der Waals surface area (Å²) in [6.07, 6.45) is -5.42. The maximum Gasteiger partial charge on any atom is 0.573 e. The van der Waals surface area contributed by atoms with Crippen molar-refractivity contribution in [2.24, 2.45) is 17.0 Å². The molecule has 13 heteroatoms. The van der Waals surface area contributed by atoms with Crippen LogP contribution in [0.3, 0.4) is 0 Å². The Labute approximate surface area is 241 Å². The smallest absolute Gasteiger partial charge is 0.406 e. The number of nitrogens with one attached hydrogen (secondary N) is 1. The number of ether oxygens (including phenoxy) is 1. The number of hydrogen-bond donors (Lipinski definition) is 3. The van der Waals surface area contributed by atoms with Gasteiger partial charge in [-0.2, -0.15) is 0 Å². The van der Waals surface area contributed by atoms with Gasteiger partial charge < -0.3 is 20.1 Å². The zero-order valence-electron chi connectivity index (χ0n) is 22.5. The SMILES string of the molecule is CN(Cc1ccc(-c2ccccc2S(N)(=O)=O)cc1)C(=O)[C@@H]1CC(O)C[C@H]1C(=O)NCc1ccc(OC(F)(F)F)cc1. The van der Waals surface area contributed by atoms with Gasteiger partial charge in [-0.3, -0.25) is 9.59 Å². The molecule has 0 radical (unpaired) electrons. The van der Waals surface area contributed by atoms with E-state index in [0.717, 1.165) is 17.7 Å². The molecule has 4 N–H and O–H groups in total. The number of carbonyl (C=O) groups excluding carboxylic acids is 2. The molecule has 2 amide bonds. The molecular formula is C29H30F3N3O6S. The van der Waals surface area contributed by atoms with Crippen LogP contribution in [0.4, 0.5) is 13.2 Å². The first-order chi connectivity index (χ1) is 19.7. The Bertz CT molecular complexity index is 1530. The molecular weight excluding hydrogens is 575 g/mol. The number of aliphatic hydroxyl groups is 1. The highest BCUT2D eigenvalue weighted by Crippen LogP contribution is 2.34. The van der Waals surface area contributed by atoms with E-state index >= 15 is 0 Å². The molecule has 42 heavy (non-hydrogen) atoms. The Morgan fingerprint density at radius 1 is 0.976 bits per heavy atom. The number of nitrogens with zero attached hydrogens (tertiary/aromatic N) is 1. The van der Waals surface area contributed by atoms with E-state index < -0.39 is 40.2 Å².